The quantitative estimate of drug-likeness (QED) is 0.918. The third-order valence-corrected chi connectivity index (χ3v) is 3.68. The molecule has 5 nitrogen and oxygen atoms in total. The van der Waals surface area contributed by atoms with Gasteiger partial charge in [-0.25, -0.2) is 15.0 Å². The summed E-state index contributed by atoms with van der Waals surface area (Å²) in [4.78, 5) is 13.6. The van der Waals surface area contributed by atoms with Crippen LogP contribution in [-0.2, 0) is 4.74 Å². The summed E-state index contributed by atoms with van der Waals surface area (Å²) in [5.74, 6) is 1.52. The lowest BCUT2D eigenvalue weighted by molar-refractivity contribution is 0.299. The average Bonchev–Trinajstić information content (AvgIpc) is 3.15. The molecule has 2 aliphatic rings. The van der Waals surface area contributed by atoms with Crippen molar-refractivity contribution in [2.75, 3.05) is 6.61 Å². The van der Waals surface area contributed by atoms with Crippen molar-refractivity contribution in [3.8, 4) is 0 Å². The molecule has 0 saturated heterocycles. The number of hydrogen-bond donors (Lipinski definition) is 1. The summed E-state index contributed by atoms with van der Waals surface area (Å²) < 4.78 is 5.71. The maximum absolute atomic E-state index is 6.09. The molecule has 2 aromatic carbocycles. The van der Waals surface area contributed by atoms with Crippen LogP contribution < -0.4 is 5.73 Å². The summed E-state index contributed by atoms with van der Waals surface area (Å²) in [5.41, 5.74) is 7.01. The largest absolute Gasteiger partial charge is 0.472 e. The van der Waals surface area contributed by atoms with E-state index in [0.29, 0.717) is 17.6 Å². The van der Waals surface area contributed by atoms with Crippen LogP contribution in [0.25, 0.3) is 0 Å². The van der Waals surface area contributed by atoms with Gasteiger partial charge < -0.3 is 10.5 Å². The summed E-state index contributed by atoms with van der Waals surface area (Å²) >= 11 is 0. The van der Waals surface area contributed by atoms with Gasteiger partial charge in [0.1, 0.15) is 6.61 Å². The highest BCUT2D eigenvalue weighted by molar-refractivity contribution is 6.15. The van der Waals surface area contributed by atoms with Crippen LogP contribution in [0, 0.1) is 0 Å². The molecule has 0 saturated carbocycles. The number of amidine groups is 2. The number of nitrogens with zero attached hydrogens (tertiary/aromatic N) is 3. The molecule has 0 aromatic heterocycles. The van der Waals surface area contributed by atoms with Crippen molar-refractivity contribution < 1.29 is 4.74 Å². The molecule has 1 atom stereocenters. The molecule has 2 heterocycles. The first kappa shape index (κ1) is 12.8. The maximum atomic E-state index is 6.09. The lowest BCUT2D eigenvalue weighted by atomic mass is 10.2. The van der Waals surface area contributed by atoms with Gasteiger partial charge in [0.25, 0.3) is 0 Å². The molecule has 0 radical (unpaired) electrons. The zero-order valence-corrected chi connectivity index (χ0v) is 11.8. The van der Waals surface area contributed by atoms with Gasteiger partial charge in [-0.15, -0.1) is 0 Å². The highest BCUT2D eigenvalue weighted by atomic mass is 16.5. The van der Waals surface area contributed by atoms with Crippen molar-refractivity contribution in [3.05, 3.63) is 71.8 Å². The molecule has 4 rings (SSSR count). The highest BCUT2D eigenvalue weighted by Gasteiger charge is 2.44. The minimum Gasteiger partial charge on any atom is -0.472 e. The molecule has 22 heavy (non-hydrogen) atoms. The fourth-order valence-electron chi connectivity index (χ4n) is 2.50. The second kappa shape index (κ2) is 4.80. The Morgan fingerprint density at radius 3 is 2.18 bits per heavy atom. The van der Waals surface area contributed by atoms with E-state index in [1.54, 1.807) is 0 Å². The van der Waals surface area contributed by atoms with Gasteiger partial charge in [0.15, 0.2) is 11.7 Å². The van der Waals surface area contributed by atoms with Gasteiger partial charge in [-0.05, 0) is 12.1 Å². The smallest absolute Gasteiger partial charge is 0.246 e. The van der Waals surface area contributed by atoms with Crippen LogP contribution >= 0.6 is 0 Å². The van der Waals surface area contributed by atoms with Crippen molar-refractivity contribution in [1.82, 2.24) is 0 Å². The molecule has 2 aromatic rings. The summed E-state index contributed by atoms with van der Waals surface area (Å²) in [6, 6.07) is 19.5. The van der Waals surface area contributed by atoms with Crippen LogP contribution in [0.1, 0.15) is 11.1 Å². The summed E-state index contributed by atoms with van der Waals surface area (Å²) in [5, 5.41) is 0. The Morgan fingerprint density at radius 2 is 1.50 bits per heavy atom. The van der Waals surface area contributed by atoms with Crippen molar-refractivity contribution in [3.63, 3.8) is 0 Å². The molecule has 1 spiro atoms. The van der Waals surface area contributed by atoms with Crippen molar-refractivity contribution >= 4 is 17.6 Å². The molecule has 0 unspecified atom stereocenters. The number of benzene rings is 2. The Balaban J connectivity index is 1.73. The van der Waals surface area contributed by atoms with Gasteiger partial charge in [-0.1, -0.05) is 48.5 Å². The topological polar surface area (TPSA) is 72.3 Å². The van der Waals surface area contributed by atoms with Crippen molar-refractivity contribution in [2.24, 2.45) is 20.7 Å². The van der Waals surface area contributed by atoms with Crippen LogP contribution in [0.3, 0.4) is 0 Å². The van der Waals surface area contributed by atoms with Crippen LogP contribution in [-0.4, -0.2) is 29.8 Å². The molecular formula is C17H14N4O. The van der Waals surface area contributed by atoms with Crippen LogP contribution in [0.2, 0.25) is 0 Å². The predicted octanol–water partition coefficient (Wildman–Crippen LogP) is 1.98. The van der Waals surface area contributed by atoms with E-state index in [2.05, 4.69) is 15.0 Å². The number of ether oxygens (including phenoxy) is 1. The van der Waals surface area contributed by atoms with Gasteiger partial charge in [0.2, 0.25) is 11.6 Å². The zero-order chi connectivity index (χ0) is 15.0. The van der Waals surface area contributed by atoms with Gasteiger partial charge in [0.05, 0.1) is 0 Å². The van der Waals surface area contributed by atoms with Crippen LogP contribution in [0.5, 0.6) is 0 Å². The normalized spacial score (nSPS) is 23.0. The highest BCUT2D eigenvalue weighted by Crippen LogP contribution is 2.28. The second-order valence-electron chi connectivity index (χ2n) is 5.19. The first-order valence-electron chi connectivity index (χ1n) is 7.05. The molecule has 0 bridgehead atoms. The van der Waals surface area contributed by atoms with E-state index >= 15 is 0 Å². The zero-order valence-electron chi connectivity index (χ0n) is 11.8. The lowest BCUT2D eigenvalue weighted by Crippen LogP contribution is -2.39. The first-order valence-corrected chi connectivity index (χ1v) is 7.05. The SMILES string of the molecule is NC1=NC(c2ccccc2)=N[C@@]12COC(c1ccccc1)=N2. The molecular weight excluding hydrogens is 276 g/mol. The first-order chi connectivity index (χ1) is 10.8. The Hall–Kier alpha value is -2.95. The Morgan fingerprint density at radius 1 is 0.864 bits per heavy atom. The van der Waals surface area contributed by atoms with E-state index in [0.717, 1.165) is 11.1 Å². The molecule has 0 aliphatic carbocycles. The number of hydrogen-bond acceptors (Lipinski definition) is 5. The van der Waals surface area contributed by atoms with Crippen LogP contribution in [0.4, 0.5) is 0 Å². The van der Waals surface area contributed by atoms with E-state index in [1.165, 1.54) is 0 Å². The summed E-state index contributed by atoms with van der Waals surface area (Å²) in [6.45, 7) is 0.281. The van der Waals surface area contributed by atoms with E-state index in [4.69, 9.17) is 10.5 Å². The van der Waals surface area contributed by atoms with Crippen LogP contribution in [0.15, 0.2) is 75.6 Å². The van der Waals surface area contributed by atoms with E-state index in [1.807, 2.05) is 60.7 Å². The van der Waals surface area contributed by atoms with E-state index in [9.17, 15) is 0 Å². The molecule has 5 heteroatoms. The molecule has 2 aliphatic heterocycles. The minimum atomic E-state index is -0.920. The predicted molar refractivity (Wildman–Crippen MR) is 86.3 cm³/mol. The molecule has 2 N–H and O–H groups in total. The Kier molecular flexibility index (Phi) is 2.79. The number of aliphatic imine (C=N–C) groups is 3. The standard InChI is InChI=1S/C17H14N4O/c18-16-17(20-14(19-16)12-7-3-1-4-8-12)11-22-15(21-17)13-9-5-2-6-10-13/h1-10H,11H2,(H2,18,19,20)/t17-/m1/s1. The molecule has 0 fully saturated rings. The van der Waals surface area contributed by atoms with Gasteiger partial charge in [0, 0.05) is 11.1 Å². The fraction of sp³-hybridized carbons (Fsp3) is 0.118. The van der Waals surface area contributed by atoms with Gasteiger partial charge in [-0.3, -0.25) is 0 Å². The second-order valence-corrected chi connectivity index (χ2v) is 5.19. The van der Waals surface area contributed by atoms with Crippen molar-refractivity contribution in [2.45, 2.75) is 5.66 Å². The monoisotopic (exact) mass is 290 g/mol. The van der Waals surface area contributed by atoms with E-state index < -0.39 is 5.66 Å². The summed E-state index contributed by atoms with van der Waals surface area (Å²) in [6.07, 6.45) is 0. The molecule has 108 valence electrons. The summed E-state index contributed by atoms with van der Waals surface area (Å²) in [7, 11) is 0. The number of rotatable bonds is 2. The van der Waals surface area contributed by atoms with Crippen molar-refractivity contribution in [1.29, 1.82) is 0 Å². The third-order valence-electron chi connectivity index (χ3n) is 3.68. The third kappa shape index (κ3) is 1.98. The van der Waals surface area contributed by atoms with E-state index in [-0.39, 0.29) is 6.61 Å². The van der Waals surface area contributed by atoms with Gasteiger partial charge in [-0.2, -0.15) is 0 Å². The fourth-order valence-corrected chi connectivity index (χ4v) is 2.50. The Labute approximate surface area is 127 Å². The average molecular weight is 290 g/mol. The number of nitrogens with two attached hydrogens (primary N) is 1. The maximum Gasteiger partial charge on any atom is 0.246 e. The lowest BCUT2D eigenvalue weighted by Gasteiger charge is -2.12. The molecule has 0 amide bonds. The van der Waals surface area contributed by atoms with Gasteiger partial charge >= 0.3 is 0 Å². The minimum absolute atomic E-state index is 0.281. The Bertz CT molecular complexity index is 796.